The summed E-state index contributed by atoms with van der Waals surface area (Å²) in [6, 6.07) is 47.0. The summed E-state index contributed by atoms with van der Waals surface area (Å²) in [6.07, 6.45) is 1.85. The number of nitrogens with zero attached hydrogens (tertiary/aromatic N) is 3. The van der Waals surface area contributed by atoms with Gasteiger partial charge in [0.25, 0.3) is 0 Å². The lowest BCUT2D eigenvalue weighted by molar-refractivity contribution is 0.590. The lowest BCUT2D eigenvalue weighted by atomic mass is 10.0. The second-order valence-electron chi connectivity index (χ2n) is 10.5. The van der Waals surface area contributed by atoms with Crippen LogP contribution in [0.4, 0.5) is 0 Å². The van der Waals surface area contributed by atoms with E-state index in [1.165, 1.54) is 32.7 Å². The topological polar surface area (TPSA) is 35.9 Å². The Labute approximate surface area is 235 Å². The number of hydrogen-bond acceptors (Lipinski definition) is 2. The maximum atomic E-state index is 6.33. The number of aromatic nitrogens is 3. The molecule has 0 aliphatic rings. The Morgan fingerprint density at radius 2 is 1.05 bits per heavy atom. The summed E-state index contributed by atoms with van der Waals surface area (Å²) in [5.74, 6) is 1.75. The molecule has 0 N–H and O–H groups in total. The van der Waals surface area contributed by atoms with E-state index in [1.807, 2.05) is 36.5 Å². The summed E-state index contributed by atoms with van der Waals surface area (Å²) in [7, 11) is 0. The summed E-state index contributed by atoms with van der Waals surface area (Å²) < 4.78 is 10.8. The quantitative estimate of drug-likeness (QED) is 0.230. The first-order chi connectivity index (χ1) is 20.3. The monoisotopic (exact) mass is 525 g/mol. The number of furan rings is 1. The molecule has 192 valence electrons. The zero-order valence-electron chi connectivity index (χ0n) is 22.0. The number of pyridine rings is 1. The van der Waals surface area contributed by atoms with E-state index in [-0.39, 0.29) is 0 Å². The van der Waals surface area contributed by atoms with Crippen LogP contribution in [0.3, 0.4) is 0 Å². The van der Waals surface area contributed by atoms with Crippen LogP contribution in [0.5, 0.6) is 0 Å². The van der Waals surface area contributed by atoms with Crippen molar-refractivity contribution in [2.45, 2.75) is 0 Å². The first-order valence-corrected chi connectivity index (χ1v) is 13.8. The Balaban J connectivity index is 1.26. The molecule has 9 aromatic rings. The summed E-state index contributed by atoms with van der Waals surface area (Å²) in [5.41, 5.74) is 7.82. The molecule has 0 bridgehead atoms. The highest BCUT2D eigenvalue weighted by molar-refractivity contribution is 6.12. The number of benzene rings is 5. The van der Waals surface area contributed by atoms with Gasteiger partial charge in [0, 0.05) is 39.2 Å². The average Bonchev–Trinajstić information content (AvgIpc) is 3.70. The molecule has 0 saturated heterocycles. The van der Waals surface area contributed by atoms with Gasteiger partial charge in [0.15, 0.2) is 0 Å². The minimum absolute atomic E-state index is 0.828. The molecule has 0 spiro atoms. The van der Waals surface area contributed by atoms with Gasteiger partial charge in [-0.05, 0) is 65.7 Å². The van der Waals surface area contributed by atoms with Crippen LogP contribution >= 0.6 is 0 Å². The van der Waals surface area contributed by atoms with E-state index >= 15 is 0 Å². The summed E-state index contributed by atoms with van der Waals surface area (Å²) in [4.78, 5) is 4.66. The number of rotatable bonds is 3. The molecule has 0 aliphatic heterocycles. The molecule has 0 atom stereocenters. The highest BCUT2D eigenvalue weighted by Gasteiger charge is 2.17. The highest BCUT2D eigenvalue weighted by Crippen LogP contribution is 2.38. The van der Waals surface area contributed by atoms with Crippen LogP contribution in [0, 0.1) is 0 Å². The van der Waals surface area contributed by atoms with E-state index in [2.05, 4.69) is 117 Å². The Morgan fingerprint density at radius 3 is 1.73 bits per heavy atom. The molecular weight excluding hydrogens is 502 g/mol. The van der Waals surface area contributed by atoms with Gasteiger partial charge in [-0.2, -0.15) is 0 Å². The maximum Gasteiger partial charge on any atom is 0.205 e. The van der Waals surface area contributed by atoms with Gasteiger partial charge < -0.3 is 4.42 Å². The fourth-order valence-corrected chi connectivity index (χ4v) is 6.35. The predicted molar refractivity (Wildman–Crippen MR) is 168 cm³/mol. The highest BCUT2D eigenvalue weighted by atomic mass is 16.4. The first kappa shape index (κ1) is 22.2. The molecule has 0 aliphatic carbocycles. The summed E-state index contributed by atoms with van der Waals surface area (Å²) in [6.45, 7) is 0. The Bertz CT molecular complexity index is 2390. The standard InChI is InChI=1S/C37H23N3O/c1-6-14-35-26(9-1)23-37(41-35)40-32-13-5-3-11-28(32)30-22-25(17-19-34(30)40)24-16-18-33-29(21-24)27-10-2-4-12-31(27)39(33)36-15-7-8-20-38-36/h1-23H. The summed E-state index contributed by atoms with van der Waals surface area (Å²) in [5, 5.41) is 5.95. The van der Waals surface area contributed by atoms with Gasteiger partial charge in [-0.25, -0.2) is 4.98 Å². The second-order valence-corrected chi connectivity index (χ2v) is 10.5. The van der Waals surface area contributed by atoms with Crippen LogP contribution in [-0.4, -0.2) is 14.1 Å². The number of fused-ring (bicyclic) bond motifs is 7. The fraction of sp³-hybridized carbons (Fsp3) is 0. The van der Waals surface area contributed by atoms with Crippen LogP contribution in [0.25, 0.3) is 77.4 Å². The van der Waals surface area contributed by atoms with Crippen molar-refractivity contribution in [2.75, 3.05) is 0 Å². The van der Waals surface area contributed by atoms with Gasteiger partial charge in [-0.15, -0.1) is 0 Å². The fourth-order valence-electron chi connectivity index (χ4n) is 6.35. The molecule has 5 aromatic carbocycles. The molecule has 9 rings (SSSR count). The van der Waals surface area contributed by atoms with Crippen molar-refractivity contribution in [1.82, 2.24) is 14.1 Å². The smallest absolute Gasteiger partial charge is 0.205 e. The minimum Gasteiger partial charge on any atom is -0.440 e. The normalized spacial score (nSPS) is 11.9. The van der Waals surface area contributed by atoms with Gasteiger partial charge in [0.1, 0.15) is 11.4 Å². The van der Waals surface area contributed by atoms with Crippen molar-refractivity contribution < 1.29 is 4.42 Å². The second kappa shape index (κ2) is 8.44. The van der Waals surface area contributed by atoms with Gasteiger partial charge >= 0.3 is 0 Å². The molecule has 0 fully saturated rings. The largest absolute Gasteiger partial charge is 0.440 e. The molecular formula is C37H23N3O. The van der Waals surface area contributed by atoms with Crippen LogP contribution < -0.4 is 0 Å². The van der Waals surface area contributed by atoms with Crippen molar-refractivity contribution in [3.8, 4) is 22.8 Å². The molecule has 4 heteroatoms. The van der Waals surface area contributed by atoms with E-state index < -0.39 is 0 Å². The van der Waals surface area contributed by atoms with Crippen molar-refractivity contribution in [3.63, 3.8) is 0 Å². The first-order valence-electron chi connectivity index (χ1n) is 13.8. The zero-order valence-corrected chi connectivity index (χ0v) is 22.0. The van der Waals surface area contributed by atoms with Gasteiger partial charge in [-0.3, -0.25) is 9.13 Å². The molecule has 0 amide bonds. The predicted octanol–water partition coefficient (Wildman–Crippen LogP) is 9.69. The number of hydrogen-bond donors (Lipinski definition) is 0. The van der Waals surface area contributed by atoms with Crippen molar-refractivity contribution >= 4 is 54.6 Å². The zero-order chi connectivity index (χ0) is 26.9. The van der Waals surface area contributed by atoms with E-state index in [9.17, 15) is 0 Å². The molecule has 4 nitrogen and oxygen atoms in total. The maximum absolute atomic E-state index is 6.33. The van der Waals surface area contributed by atoms with Gasteiger partial charge in [-0.1, -0.05) is 72.8 Å². The van der Waals surface area contributed by atoms with Gasteiger partial charge in [0.2, 0.25) is 5.88 Å². The Hall–Kier alpha value is -5.61. The van der Waals surface area contributed by atoms with Crippen molar-refractivity contribution in [2.24, 2.45) is 0 Å². The minimum atomic E-state index is 0.828. The molecule has 0 radical (unpaired) electrons. The molecule has 0 unspecified atom stereocenters. The van der Waals surface area contributed by atoms with Crippen LogP contribution in [0.2, 0.25) is 0 Å². The Morgan fingerprint density at radius 1 is 0.463 bits per heavy atom. The molecule has 41 heavy (non-hydrogen) atoms. The molecule has 0 saturated carbocycles. The number of para-hydroxylation sites is 3. The van der Waals surface area contributed by atoms with Crippen LogP contribution in [0.15, 0.2) is 144 Å². The van der Waals surface area contributed by atoms with Crippen LogP contribution in [-0.2, 0) is 0 Å². The van der Waals surface area contributed by atoms with E-state index in [4.69, 9.17) is 4.42 Å². The van der Waals surface area contributed by atoms with E-state index in [0.717, 1.165) is 44.7 Å². The average molecular weight is 526 g/mol. The van der Waals surface area contributed by atoms with E-state index in [1.54, 1.807) is 0 Å². The van der Waals surface area contributed by atoms with Crippen molar-refractivity contribution in [3.05, 3.63) is 140 Å². The molecule has 4 aromatic heterocycles. The lowest BCUT2D eigenvalue weighted by Crippen LogP contribution is -1.96. The molecule has 4 heterocycles. The third-order valence-electron chi connectivity index (χ3n) is 8.19. The van der Waals surface area contributed by atoms with E-state index in [0.29, 0.717) is 0 Å². The third kappa shape index (κ3) is 3.25. The lowest BCUT2D eigenvalue weighted by Gasteiger charge is -2.08. The third-order valence-corrected chi connectivity index (χ3v) is 8.19. The Kier molecular flexibility index (Phi) is 4.58. The van der Waals surface area contributed by atoms with Crippen LogP contribution in [0.1, 0.15) is 0 Å². The summed E-state index contributed by atoms with van der Waals surface area (Å²) >= 11 is 0. The van der Waals surface area contributed by atoms with Crippen molar-refractivity contribution in [1.29, 1.82) is 0 Å². The SMILES string of the molecule is c1ccc(-n2c3ccccc3c3cc(-c4ccc5c(c4)c4ccccc4n5-c4cc5ccccc5o4)ccc32)nc1. The van der Waals surface area contributed by atoms with Gasteiger partial charge in [0.05, 0.1) is 22.1 Å².